The van der Waals surface area contributed by atoms with E-state index in [0.717, 1.165) is 19.3 Å². The Morgan fingerprint density at radius 1 is 0.600 bits per heavy atom. The maximum Gasteiger partial charge on any atom is 0.0424 e. The van der Waals surface area contributed by atoms with Gasteiger partial charge in [-0.05, 0) is 52.7 Å². The summed E-state index contributed by atoms with van der Waals surface area (Å²) in [6.07, 6.45) is 15.0. The highest BCUT2D eigenvalue weighted by Crippen LogP contribution is 2.57. The molecule has 6 rings (SSSR count). The van der Waals surface area contributed by atoms with Gasteiger partial charge in [0.1, 0.15) is 0 Å². The molecule has 0 radical (unpaired) electrons. The van der Waals surface area contributed by atoms with E-state index in [4.69, 9.17) is 0 Å². The zero-order valence-corrected chi connectivity index (χ0v) is 17.0. The van der Waals surface area contributed by atoms with Crippen LogP contribution in [0.1, 0.15) is 34.2 Å². The van der Waals surface area contributed by atoms with Crippen molar-refractivity contribution in [3.05, 3.63) is 136 Å². The van der Waals surface area contributed by atoms with Crippen LogP contribution in [0.5, 0.6) is 0 Å². The Hall–Kier alpha value is -3.38. The van der Waals surface area contributed by atoms with Gasteiger partial charge in [-0.25, -0.2) is 0 Å². The predicted octanol–water partition coefficient (Wildman–Crippen LogP) is 7.30. The molecule has 0 N–H and O–H groups in total. The second kappa shape index (κ2) is 6.85. The van der Waals surface area contributed by atoms with Crippen molar-refractivity contribution in [1.82, 2.24) is 0 Å². The number of fused-ring (bicyclic) bond motifs is 2. The Morgan fingerprint density at radius 2 is 1.17 bits per heavy atom. The summed E-state index contributed by atoms with van der Waals surface area (Å²) in [6, 6.07) is 28.7. The molecule has 0 unspecified atom stereocenters. The number of allylic oxidation sites excluding steroid dienone is 6. The third-order valence-electron chi connectivity index (χ3n) is 7.00. The van der Waals surface area contributed by atoms with Crippen molar-refractivity contribution >= 4 is 17.7 Å². The van der Waals surface area contributed by atoms with E-state index in [9.17, 15) is 0 Å². The molecule has 0 heterocycles. The minimum absolute atomic E-state index is 0.0891. The van der Waals surface area contributed by atoms with E-state index in [1.165, 1.54) is 44.5 Å². The van der Waals surface area contributed by atoms with E-state index in [0.29, 0.717) is 0 Å². The van der Waals surface area contributed by atoms with Crippen molar-refractivity contribution in [2.45, 2.75) is 19.3 Å². The standard InChI is InChI=1S/C30H24/c1-2-10-22(11-3-1)29-16-8-9-17-30(29,27-18-23-12-4-5-13-24(23)19-27)28-20-25-14-6-7-15-26(25)21-28/h1-16,18,20H,17,19,21H2. The molecule has 0 aromatic heterocycles. The molecular formula is C30H24. The lowest BCUT2D eigenvalue weighted by Gasteiger charge is -2.41. The van der Waals surface area contributed by atoms with Gasteiger partial charge in [-0.1, -0.05) is 120 Å². The lowest BCUT2D eigenvalue weighted by molar-refractivity contribution is 0.558. The van der Waals surface area contributed by atoms with Crippen LogP contribution in [-0.2, 0) is 12.8 Å². The second-order valence-corrected chi connectivity index (χ2v) is 8.57. The molecule has 0 fully saturated rings. The first-order valence-electron chi connectivity index (χ1n) is 10.9. The Morgan fingerprint density at radius 3 is 1.77 bits per heavy atom. The van der Waals surface area contributed by atoms with Gasteiger partial charge in [0.05, 0.1) is 0 Å². The van der Waals surface area contributed by atoms with Gasteiger partial charge in [-0.3, -0.25) is 0 Å². The molecule has 3 aliphatic rings. The molecule has 0 amide bonds. The summed E-state index contributed by atoms with van der Waals surface area (Å²) in [6.45, 7) is 0. The molecule has 0 aliphatic heterocycles. The van der Waals surface area contributed by atoms with Crippen LogP contribution < -0.4 is 0 Å². The molecule has 0 saturated heterocycles. The third-order valence-corrected chi connectivity index (χ3v) is 7.00. The van der Waals surface area contributed by atoms with E-state index in [1.54, 1.807) is 0 Å². The van der Waals surface area contributed by atoms with Crippen molar-refractivity contribution in [3.63, 3.8) is 0 Å². The fourth-order valence-electron chi connectivity index (χ4n) is 5.54. The summed E-state index contributed by atoms with van der Waals surface area (Å²) < 4.78 is 0. The minimum Gasteiger partial charge on any atom is -0.0830 e. The van der Waals surface area contributed by atoms with Crippen LogP contribution in [0.4, 0.5) is 0 Å². The lowest BCUT2D eigenvalue weighted by Crippen LogP contribution is -2.29. The Bertz CT molecular complexity index is 1180. The average molecular weight is 385 g/mol. The highest BCUT2D eigenvalue weighted by molar-refractivity contribution is 5.86. The predicted molar refractivity (Wildman–Crippen MR) is 127 cm³/mol. The summed E-state index contributed by atoms with van der Waals surface area (Å²) in [4.78, 5) is 0. The van der Waals surface area contributed by atoms with Crippen LogP contribution in [0.3, 0.4) is 0 Å². The first-order valence-corrected chi connectivity index (χ1v) is 10.9. The molecule has 0 atom stereocenters. The first-order chi connectivity index (χ1) is 14.8. The zero-order chi connectivity index (χ0) is 20.0. The molecule has 0 bridgehead atoms. The van der Waals surface area contributed by atoms with E-state index in [-0.39, 0.29) is 5.41 Å². The number of hydrogen-bond acceptors (Lipinski definition) is 0. The van der Waals surface area contributed by atoms with Gasteiger partial charge in [0.25, 0.3) is 0 Å². The SMILES string of the molecule is C1=CCC(C2=Cc3ccccc3C2)(C2=Cc3ccccc3C2)C(c2ccccc2)=C1. The van der Waals surface area contributed by atoms with Crippen molar-refractivity contribution < 1.29 is 0 Å². The van der Waals surface area contributed by atoms with E-state index in [1.807, 2.05) is 0 Å². The molecule has 3 aliphatic carbocycles. The zero-order valence-electron chi connectivity index (χ0n) is 17.0. The average Bonchev–Trinajstić information content (AvgIpc) is 3.44. The van der Waals surface area contributed by atoms with E-state index in [2.05, 4.69) is 109 Å². The van der Waals surface area contributed by atoms with Gasteiger partial charge >= 0.3 is 0 Å². The van der Waals surface area contributed by atoms with Crippen molar-refractivity contribution in [2.24, 2.45) is 5.41 Å². The largest absolute Gasteiger partial charge is 0.0830 e. The molecule has 0 spiro atoms. The number of benzene rings is 3. The van der Waals surface area contributed by atoms with Crippen molar-refractivity contribution in [1.29, 1.82) is 0 Å². The van der Waals surface area contributed by atoms with Crippen LogP contribution in [0.25, 0.3) is 17.7 Å². The van der Waals surface area contributed by atoms with Crippen LogP contribution >= 0.6 is 0 Å². The second-order valence-electron chi connectivity index (χ2n) is 8.57. The van der Waals surface area contributed by atoms with Gasteiger partial charge in [0.15, 0.2) is 0 Å². The molecule has 3 aromatic carbocycles. The molecule has 0 saturated carbocycles. The van der Waals surface area contributed by atoms with Crippen LogP contribution in [0, 0.1) is 5.41 Å². The topological polar surface area (TPSA) is 0 Å². The summed E-state index contributed by atoms with van der Waals surface area (Å²) in [5.74, 6) is 0. The molecule has 0 nitrogen and oxygen atoms in total. The van der Waals surface area contributed by atoms with Gasteiger partial charge in [0, 0.05) is 5.41 Å². The van der Waals surface area contributed by atoms with Gasteiger partial charge in [-0.15, -0.1) is 0 Å². The first kappa shape index (κ1) is 17.5. The molecular weight excluding hydrogens is 360 g/mol. The lowest BCUT2D eigenvalue weighted by atomic mass is 9.62. The molecule has 30 heavy (non-hydrogen) atoms. The molecule has 0 heteroatoms. The Kier molecular flexibility index (Phi) is 3.99. The Labute approximate surface area is 178 Å². The van der Waals surface area contributed by atoms with E-state index < -0.39 is 0 Å². The van der Waals surface area contributed by atoms with Crippen LogP contribution in [-0.4, -0.2) is 0 Å². The summed E-state index contributed by atoms with van der Waals surface area (Å²) >= 11 is 0. The highest BCUT2D eigenvalue weighted by Gasteiger charge is 2.44. The third kappa shape index (κ3) is 2.60. The van der Waals surface area contributed by atoms with Gasteiger partial charge in [0.2, 0.25) is 0 Å². The molecule has 3 aromatic rings. The number of hydrogen-bond donors (Lipinski definition) is 0. The van der Waals surface area contributed by atoms with Gasteiger partial charge < -0.3 is 0 Å². The fraction of sp³-hybridized carbons (Fsp3) is 0.133. The quantitative estimate of drug-likeness (QED) is 0.444. The van der Waals surface area contributed by atoms with Crippen LogP contribution in [0.15, 0.2) is 108 Å². The van der Waals surface area contributed by atoms with Crippen molar-refractivity contribution in [3.8, 4) is 0 Å². The minimum atomic E-state index is -0.0891. The number of rotatable bonds is 3. The maximum absolute atomic E-state index is 2.47. The summed E-state index contributed by atoms with van der Waals surface area (Å²) in [5.41, 5.74) is 11.4. The summed E-state index contributed by atoms with van der Waals surface area (Å²) in [7, 11) is 0. The monoisotopic (exact) mass is 384 g/mol. The van der Waals surface area contributed by atoms with Gasteiger partial charge in [-0.2, -0.15) is 0 Å². The molecule has 144 valence electrons. The maximum atomic E-state index is 2.47. The smallest absolute Gasteiger partial charge is 0.0424 e. The fourth-order valence-corrected chi connectivity index (χ4v) is 5.54. The summed E-state index contributed by atoms with van der Waals surface area (Å²) in [5, 5.41) is 0. The normalized spacial score (nSPS) is 18.3. The van der Waals surface area contributed by atoms with E-state index >= 15 is 0 Å². The Balaban J connectivity index is 1.56. The van der Waals surface area contributed by atoms with Crippen LogP contribution in [0.2, 0.25) is 0 Å². The highest BCUT2D eigenvalue weighted by atomic mass is 14.5. The van der Waals surface area contributed by atoms with Crippen molar-refractivity contribution in [2.75, 3.05) is 0 Å².